The zero-order chi connectivity index (χ0) is 33.7. The maximum atomic E-state index is 15.6. The predicted octanol–water partition coefficient (Wildman–Crippen LogP) is 6.38. The standard InChI is InChI=1S/C34H39FN2O8S/c1-19-24-10-9-17-44-31(24)26(35)18-25(19)29-20(2)22-13-15-36(46(42,43)28-12-8-7-11-27(28)37(40)41)16-14-23(22)21(3)30(29)32(33(38)39)45-34(4,5)6/h7-8,11-12,18,32H,9-10,13-17H2,1-6H3,(H,38,39). The fourth-order valence-corrected chi connectivity index (χ4v) is 8.40. The molecule has 0 aromatic heterocycles. The number of fused-ring (bicyclic) bond motifs is 2. The van der Waals surface area contributed by atoms with Crippen LogP contribution in [0.1, 0.15) is 72.2 Å². The van der Waals surface area contributed by atoms with E-state index < -0.39 is 44.1 Å². The second-order valence-corrected chi connectivity index (χ2v) is 14.8. The number of sulfonamides is 1. The Kier molecular flexibility index (Phi) is 9.02. The van der Waals surface area contributed by atoms with Gasteiger partial charge in [0.1, 0.15) is 0 Å². The molecular weight excluding hydrogens is 615 g/mol. The monoisotopic (exact) mass is 654 g/mol. The van der Waals surface area contributed by atoms with Crippen molar-refractivity contribution in [3.05, 3.63) is 85.2 Å². The van der Waals surface area contributed by atoms with Gasteiger partial charge in [-0.2, -0.15) is 4.31 Å². The van der Waals surface area contributed by atoms with Crippen molar-refractivity contribution in [3.63, 3.8) is 0 Å². The van der Waals surface area contributed by atoms with Crippen LogP contribution in [0, 0.1) is 36.7 Å². The lowest BCUT2D eigenvalue weighted by Crippen LogP contribution is -2.33. The van der Waals surface area contributed by atoms with Gasteiger partial charge >= 0.3 is 5.97 Å². The van der Waals surface area contributed by atoms with Gasteiger partial charge in [-0.1, -0.05) is 12.1 Å². The van der Waals surface area contributed by atoms with Gasteiger partial charge < -0.3 is 14.6 Å². The van der Waals surface area contributed by atoms with Crippen molar-refractivity contribution < 1.29 is 37.1 Å². The normalized spacial score (nSPS) is 16.2. The first-order chi connectivity index (χ1) is 21.5. The van der Waals surface area contributed by atoms with E-state index in [1.165, 1.54) is 34.6 Å². The molecule has 0 aliphatic carbocycles. The molecule has 0 fully saturated rings. The number of carboxylic acid groups (broad SMARTS) is 1. The van der Waals surface area contributed by atoms with Gasteiger partial charge in [-0.25, -0.2) is 17.6 Å². The fraction of sp³-hybridized carbons (Fsp3) is 0.441. The van der Waals surface area contributed by atoms with E-state index in [1.807, 2.05) is 13.8 Å². The zero-order valence-corrected chi connectivity index (χ0v) is 27.7. The summed E-state index contributed by atoms with van der Waals surface area (Å²) in [5.74, 6) is -1.51. The second-order valence-electron chi connectivity index (χ2n) is 12.9. The number of aliphatic carboxylic acids is 1. The van der Waals surface area contributed by atoms with Crippen LogP contribution >= 0.6 is 0 Å². The van der Waals surface area contributed by atoms with E-state index in [9.17, 15) is 28.4 Å². The van der Waals surface area contributed by atoms with Crippen molar-refractivity contribution in [1.29, 1.82) is 0 Å². The maximum Gasteiger partial charge on any atom is 0.337 e. The maximum absolute atomic E-state index is 15.6. The number of nitrogens with zero attached hydrogens (tertiary/aromatic N) is 2. The molecule has 5 rings (SSSR count). The molecule has 0 radical (unpaired) electrons. The van der Waals surface area contributed by atoms with E-state index in [0.29, 0.717) is 40.8 Å². The highest BCUT2D eigenvalue weighted by Gasteiger charge is 2.37. The number of rotatable bonds is 7. The highest BCUT2D eigenvalue weighted by atomic mass is 32.2. The molecule has 2 heterocycles. The Labute approximate surface area is 268 Å². The molecule has 1 unspecified atom stereocenters. The molecule has 3 aromatic carbocycles. The topological polar surface area (TPSA) is 136 Å². The van der Waals surface area contributed by atoms with Crippen LogP contribution in [-0.4, -0.2) is 54.0 Å². The minimum atomic E-state index is -4.24. The van der Waals surface area contributed by atoms with Crippen LogP contribution in [0.15, 0.2) is 35.2 Å². The number of nitro benzene ring substituents is 1. The predicted molar refractivity (Wildman–Crippen MR) is 170 cm³/mol. The van der Waals surface area contributed by atoms with Crippen LogP contribution in [0.2, 0.25) is 0 Å². The minimum Gasteiger partial charge on any atom is -0.490 e. The van der Waals surface area contributed by atoms with Gasteiger partial charge in [0, 0.05) is 30.3 Å². The molecule has 1 atom stereocenters. The average Bonchev–Trinajstić information content (AvgIpc) is 3.24. The number of hydrogen-bond acceptors (Lipinski definition) is 7. The number of halogens is 1. The van der Waals surface area contributed by atoms with Crippen LogP contribution in [0.5, 0.6) is 5.75 Å². The number of para-hydroxylation sites is 1. The van der Waals surface area contributed by atoms with Crippen LogP contribution < -0.4 is 4.74 Å². The highest BCUT2D eigenvalue weighted by molar-refractivity contribution is 7.89. The smallest absolute Gasteiger partial charge is 0.337 e. The first-order valence-corrected chi connectivity index (χ1v) is 16.7. The summed E-state index contributed by atoms with van der Waals surface area (Å²) in [4.78, 5) is 23.5. The number of carbonyl (C=O) groups is 1. The van der Waals surface area contributed by atoms with Gasteiger partial charge in [0.05, 0.1) is 17.1 Å². The minimum absolute atomic E-state index is 0.0299. The Bertz CT molecular complexity index is 1850. The molecule has 0 bridgehead atoms. The zero-order valence-electron chi connectivity index (χ0n) is 26.9. The lowest BCUT2D eigenvalue weighted by atomic mass is 9.79. The summed E-state index contributed by atoms with van der Waals surface area (Å²) in [6, 6.07) is 6.66. The number of carboxylic acids is 1. The van der Waals surface area contributed by atoms with Crippen LogP contribution in [0.4, 0.5) is 10.1 Å². The van der Waals surface area contributed by atoms with E-state index >= 15 is 4.39 Å². The van der Waals surface area contributed by atoms with E-state index in [1.54, 1.807) is 27.7 Å². The molecule has 2 aliphatic heterocycles. The van der Waals surface area contributed by atoms with Crippen LogP contribution in [0.3, 0.4) is 0 Å². The number of nitro groups is 1. The lowest BCUT2D eigenvalue weighted by Gasteiger charge is -2.31. The van der Waals surface area contributed by atoms with E-state index in [2.05, 4.69) is 0 Å². The van der Waals surface area contributed by atoms with Crippen molar-refractivity contribution in [3.8, 4) is 16.9 Å². The van der Waals surface area contributed by atoms with E-state index in [0.717, 1.165) is 28.7 Å². The van der Waals surface area contributed by atoms with Gasteiger partial charge in [-0.05, 0) is 118 Å². The van der Waals surface area contributed by atoms with Crippen LogP contribution in [-0.2, 0) is 38.8 Å². The molecule has 10 nitrogen and oxygen atoms in total. The Morgan fingerprint density at radius 3 is 2.28 bits per heavy atom. The number of benzene rings is 3. The SMILES string of the molecule is Cc1c(-c2c(C)c3c(c(C)c2C(OC(C)(C)C)C(=O)O)CCN(S(=O)(=O)c2ccccc2[N+](=O)[O-])CC3)cc(F)c2c1CCCO2. The molecule has 3 aromatic rings. The first-order valence-electron chi connectivity index (χ1n) is 15.3. The number of hydrogen-bond donors (Lipinski definition) is 1. The van der Waals surface area contributed by atoms with Gasteiger partial charge in [-0.3, -0.25) is 10.1 Å². The van der Waals surface area contributed by atoms with Gasteiger partial charge in [-0.15, -0.1) is 0 Å². The summed E-state index contributed by atoms with van der Waals surface area (Å²) >= 11 is 0. The van der Waals surface area contributed by atoms with Gasteiger partial charge in [0.25, 0.3) is 5.69 Å². The van der Waals surface area contributed by atoms with Gasteiger partial charge in [0.2, 0.25) is 10.0 Å². The first kappa shape index (κ1) is 33.5. The quantitative estimate of drug-likeness (QED) is 0.229. The molecule has 12 heteroatoms. The largest absolute Gasteiger partial charge is 0.490 e. The summed E-state index contributed by atoms with van der Waals surface area (Å²) in [5.41, 5.74) is 4.64. The third-order valence-corrected chi connectivity index (χ3v) is 10.8. The van der Waals surface area contributed by atoms with Crippen molar-refractivity contribution in [2.45, 2.75) is 83.8 Å². The molecule has 0 saturated carbocycles. The molecule has 0 saturated heterocycles. The van der Waals surface area contributed by atoms with Crippen molar-refractivity contribution >= 4 is 21.7 Å². The molecule has 2 aliphatic rings. The van der Waals surface area contributed by atoms with Gasteiger partial charge in [0.15, 0.2) is 22.6 Å². The summed E-state index contributed by atoms with van der Waals surface area (Å²) in [5, 5.41) is 22.2. The number of ether oxygens (including phenoxy) is 2. The summed E-state index contributed by atoms with van der Waals surface area (Å²) < 4.78 is 56.3. The van der Waals surface area contributed by atoms with Crippen molar-refractivity contribution in [2.24, 2.45) is 0 Å². The van der Waals surface area contributed by atoms with E-state index in [4.69, 9.17) is 9.47 Å². The lowest BCUT2D eigenvalue weighted by molar-refractivity contribution is -0.387. The third kappa shape index (κ3) is 6.01. The van der Waals surface area contributed by atoms with Crippen LogP contribution in [0.25, 0.3) is 11.1 Å². The summed E-state index contributed by atoms with van der Waals surface area (Å²) in [6.45, 7) is 11.3. The third-order valence-electron chi connectivity index (χ3n) is 8.88. The Balaban J connectivity index is 1.72. The summed E-state index contributed by atoms with van der Waals surface area (Å²) in [6.07, 6.45) is 0.443. The Morgan fingerprint density at radius 2 is 1.67 bits per heavy atom. The second kappa shape index (κ2) is 12.4. The molecular formula is C34H39FN2O8S. The Morgan fingerprint density at radius 1 is 1.04 bits per heavy atom. The average molecular weight is 655 g/mol. The molecule has 46 heavy (non-hydrogen) atoms. The summed E-state index contributed by atoms with van der Waals surface area (Å²) in [7, 11) is -4.24. The van der Waals surface area contributed by atoms with E-state index in [-0.39, 0.29) is 36.6 Å². The molecule has 1 N–H and O–H groups in total. The van der Waals surface area contributed by atoms with Crippen molar-refractivity contribution in [1.82, 2.24) is 4.31 Å². The molecule has 246 valence electrons. The fourth-order valence-electron chi connectivity index (χ4n) is 6.80. The molecule has 0 amide bonds. The molecule has 0 spiro atoms. The van der Waals surface area contributed by atoms with Crippen molar-refractivity contribution in [2.75, 3.05) is 19.7 Å². The highest BCUT2D eigenvalue weighted by Crippen LogP contribution is 2.46. The Hall–Kier alpha value is -3.87.